The maximum absolute atomic E-state index is 5.69. The predicted octanol–water partition coefficient (Wildman–Crippen LogP) is 2.89. The topological polar surface area (TPSA) is 38.5 Å². The minimum absolute atomic E-state index is 0.850. The Labute approximate surface area is 119 Å². The fourth-order valence-corrected chi connectivity index (χ4v) is 3.19. The fourth-order valence-electron chi connectivity index (χ4n) is 3.19. The minimum atomic E-state index is 0.850. The molecule has 0 aromatic rings. The Kier molecular flexibility index (Phi) is 9.48. The van der Waals surface area contributed by atoms with Gasteiger partial charge in [0.2, 0.25) is 0 Å². The number of nitrogens with zero attached hydrogens (tertiary/aromatic N) is 1. The van der Waals surface area contributed by atoms with Crippen molar-refractivity contribution in [2.24, 2.45) is 17.6 Å². The van der Waals surface area contributed by atoms with Crippen molar-refractivity contribution >= 4 is 0 Å². The van der Waals surface area contributed by atoms with Crippen molar-refractivity contribution < 1.29 is 4.74 Å². The molecule has 3 nitrogen and oxygen atoms in total. The van der Waals surface area contributed by atoms with Crippen molar-refractivity contribution in [2.45, 2.75) is 51.9 Å². The maximum atomic E-state index is 5.69. The first-order chi connectivity index (χ1) is 9.26. The van der Waals surface area contributed by atoms with Crippen LogP contribution >= 0.6 is 0 Å². The third-order valence-electron chi connectivity index (χ3n) is 4.33. The van der Waals surface area contributed by atoms with Crippen LogP contribution in [0.25, 0.3) is 0 Å². The molecule has 2 N–H and O–H groups in total. The first-order valence-corrected chi connectivity index (χ1v) is 8.22. The Bertz CT molecular complexity index is 199. The largest absolute Gasteiger partial charge is 0.381 e. The molecule has 1 rings (SSSR count). The van der Waals surface area contributed by atoms with Crippen LogP contribution in [0.5, 0.6) is 0 Å². The van der Waals surface area contributed by atoms with E-state index in [1.54, 1.807) is 0 Å². The van der Waals surface area contributed by atoms with Crippen LogP contribution in [0.15, 0.2) is 0 Å². The smallest absolute Gasteiger partial charge is 0.0469 e. The summed E-state index contributed by atoms with van der Waals surface area (Å²) in [4.78, 5) is 2.52. The fraction of sp³-hybridized carbons (Fsp3) is 1.00. The molecule has 0 spiro atoms. The van der Waals surface area contributed by atoms with E-state index in [4.69, 9.17) is 10.5 Å². The number of ether oxygens (including phenoxy) is 1. The van der Waals surface area contributed by atoms with Crippen LogP contribution in [0.2, 0.25) is 0 Å². The van der Waals surface area contributed by atoms with Gasteiger partial charge in [-0.1, -0.05) is 19.8 Å². The van der Waals surface area contributed by atoms with Crippen LogP contribution in [0.4, 0.5) is 0 Å². The highest BCUT2D eigenvalue weighted by molar-refractivity contribution is 4.68. The summed E-state index contributed by atoms with van der Waals surface area (Å²) in [5.74, 6) is 1.71. The predicted molar refractivity (Wildman–Crippen MR) is 82.3 cm³/mol. The molecule has 1 unspecified atom stereocenters. The van der Waals surface area contributed by atoms with Crippen molar-refractivity contribution in [1.82, 2.24) is 4.90 Å². The van der Waals surface area contributed by atoms with E-state index in [9.17, 15) is 0 Å². The summed E-state index contributed by atoms with van der Waals surface area (Å²) in [5, 5.41) is 0. The van der Waals surface area contributed by atoms with Gasteiger partial charge in [0.05, 0.1) is 0 Å². The van der Waals surface area contributed by atoms with E-state index in [-0.39, 0.29) is 0 Å². The van der Waals surface area contributed by atoms with Crippen molar-refractivity contribution in [2.75, 3.05) is 39.9 Å². The van der Waals surface area contributed by atoms with Crippen LogP contribution in [0.3, 0.4) is 0 Å². The van der Waals surface area contributed by atoms with E-state index in [1.807, 2.05) is 0 Å². The second kappa shape index (κ2) is 10.6. The van der Waals surface area contributed by atoms with Crippen LogP contribution in [0, 0.1) is 11.8 Å². The van der Waals surface area contributed by atoms with Crippen LogP contribution in [0.1, 0.15) is 51.9 Å². The van der Waals surface area contributed by atoms with Crippen molar-refractivity contribution in [3.8, 4) is 0 Å². The van der Waals surface area contributed by atoms with Gasteiger partial charge in [0, 0.05) is 19.8 Å². The van der Waals surface area contributed by atoms with Crippen molar-refractivity contribution in [3.63, 3.8) is 0 Å². The average Bonchev–Trinajstić information content (AvgIpc) is 2.40. The molecule has 1 atom stereocenters. The van der Waals surface area contributed by atoms with Gasteiger partial charge in [0.15, 0.2) is 0 Å². The Morgan fingerprint density at radius 2 is 1.95 bits per heavy atom. The first-order valence-electron chi connectivity index (χ1n) is 8.22. The lowest BCUT2D eigenvalue weighted by atomic mass is 9.94. The van der Waals surface area contributed by atoms with E-state index in [1.165, 1.54) is 58.0 Å². The highest BCUT2D eigenvalue weighted by Gasteiger charge is 2.15. The molecule has 1 heterocycles. The first kappa shape index (κ1) is 16.9. The van der Waals surface area contributed by atoms with E-state index in [0.29, 0.717) is 0 Å². The summed E-state index contributed by atoms with van der Waals surface area (Å²) in [5.41, 5.74) is 5.69. The number of nitrogens with two attached hydrogens (primary N) is 1. The molecular weight excluding hydrogens is 236 g/mol. The number of hydrogen-bond donors (Lipinski definition) is 1. The number of hydrogen-bond acceptors (Lipinski definition) is 3. The third-order valence-corrected chi connectivity index (χ3v) is 4.33. The summed E-state index contributed by atoms with van der Waals surface area (Å²) < 4.78 is 5.42. The molecule has 114 valence electrons. The molecule has 0 aromatic carbocycles. The van der Waals surface area contributed by atoms with Gasteiger partial charge in [-0.05, 0) is 64.1 Å². The zero-order chi connectivity index (χ0) is 13.9. The Morgan fingerprint density at radius 1 is 1.21 bits per heavy atom. The van der Waals surface area contributed by atoms with E-state index in [2.05, 4.69) is 18.9 Å². The second-order valence-corrected chi connectivity index (χ2v) is 6.19. The monoisotopic (exact) mass is 270 g/mol. The zero-order valence-corrected chi connectivity index (χ0v) is 13.1. The summed E-state index contributed by atoms with van der Waals surface area (Å²) in [6.07, 6.45) is 9.01. The highest BCUT2D eigenvalue weighted by atomic mass is 16.5. The molecule has 0 aromatic heterocycles. The van der Waals surface area contributed by atoms with Gasteiger partial charge in [-0.25, -0.2) is 0 Å². The summed E-state index contributed by atoms with van der Waals surface area (Å²) in [7, 11) is 2.27. The molecule has 1 aliphatic heterocycles. The van der Waals surface area contributed by atoms with Gasteiger partial charge >= 0.3 is 0 Å². The molecule has 0 aliphatic carbocycles. The maximum Gasteiger partial charge on any atom is 0.0469 e. The highest BCUT2D eigenvalue weighted by Crippen LogP contribution is 2.18. The van der Waals surface area contributed by atoms with E-state index < -0.39 is 0 Å². The van der Waals surface area contributed by atoms with Gasteiger partial charge in [-0.15, -0.1) is 0 Å². The Morgan fingerprint density at radius 3 is 2.58 bits per heavy atom. The van der Waals surface area contributed by atoms with Crippen LogP contribution in [-0.4, -0.2) is 44.8 Å². The van der Waals surface area contributed by atoms with Gasteiger partial charge in [-0.3, -0.25) is 0 Å². The van der Waals surface area contributed by atoms with Gasteiger partial charge in [0.1, 0.15) is 0 Å². The van der Waals surface area contributed by atoms with E-state index >= 15 is 0 Å². The van der Waals surface area contributed by atoms with Gasteiger partial charge < -0.3 is 15.4 Å². The molecule has 19 heavy (non-hydrogen) atoms. The molecule has 0 saturated carbocycles. The molecule has 1 saturated heterocycles. The lowest BCUT2D eigenvalue weighted by Gasteiger charge is -2.27. The van der Waals surface area contributed by atoms with Crippen molar-refractivity contribution in [3.05, 3.63) is 0 Å². The second-order valence-electron chi connectivity index (χ2n) is 6.19. The normalized spacial score (nSPS) is 18.9. The summed E-state index contributed by atoms with van der Waals surface area (Å²) in [6, 6.07) is 0. The SMILES string of the molecule is CCCC(CCN)CCCN(C)CC1CCOCC1. The quantitative estimate of drug-likeness (QED) is 0.663. The van der Waals surface area contributed by atoms with Crippen LogP contribution in [-0.2, 0) is 4.74 Å². The van der Waals surface area contributed by atoms with Gasteiger partial charge in [0.25, 0.3) is 0 Å². The summed E-state index contributed by atoms with van der Waals surface area (Å²) in [6.45, 7) is 7.55. The molecule has 1 fully saturated rings. The third kappa shape index (κ3) is 7.91. The molecule has 3 heteroatoms. The minimum Gasteiger partial charge on any atom is -0.381 e. The zero-order valence-electron chi connectivity index (χ0n) is 13.1. The Balaban J connectivity index is 2.09. The molecule has 1 aliphatic rings. The standard InChI is InChI=1S/C16H34N2O/c1-3-5-15(7-10-17)6-4-11-18(2)14-16-8-12-19-13-9-16/h15-16H,3-14,17H2,1-2H3. The molecular formula is C16H34N2O. The lowest BCUT2D eigenvalue weighted by molar-refractivity contribution is 0.0554. The van der Waals surface area contributed by atoms with Crippen molar-refractivity contribution in [1.29, 1.82) is 0 Å². The number of rotatable bonds is 10. The molecule has 0 radical (unpaired) electrons. The summed E-state index contributed by atoms with van der Waals surface area (Å²) >= 11 is 0. The van der Waals surface area contributed by atoms with Crippen LogP contribution < -0.4 is 5.73 Å². The molecule has 0 bridgehead atoms. The van der Waals surface area contributed by atoms with E-state index in [0.717, 1.165) is 31.6 Å². The Hall–Kier alpha value is -0.120. The van der Waals surface area contributed by atoms with Gasteiger partial charge in [-0.2, -0.15) is 0 Å². The molecule has 0 amide bonds. The average molecular weight is 270 g/mol. The lowest BCUT2D eigenvalue weighted by Crippen LogP contribution is -2.30.